The van der Waals surface area contributed by atoms with Crippen molar-refractivity contribution in [3.05, 3.63) is 65.6 Å². The van der Waals surface area contributed by atoms with Gasteiger partial charge in [-0.25, -0.2) is 0 Å². The third kappa shape index (κ3) is 3.00. The zero-order valence-corrected chi connectivity index (χ0v) is 10.2. The summed E-state index contributed by atoms with van der Waals surface area (Å²) in [6.07, 6.45) is 8.98. The van der Waals surface area contributed by atoms with Crippen LogP contribution in [0.15, 0.2) is 60.0 Å². The van der Waals surface area contributed by atoms with E-state index in [1.54, 1.807) is 0 Å². The first-order valence-corrected chi connectivity index (χ1v) is 5.78. The van der Waals surface area contributed by atoms with Gasteiger partial charge in [-0.2, -0.15) is 0 Å². The first-order chi connectivity index (χ1) is 8.29. The lowest BCUT2D eigenvalue weighted by molar-refractivity contribution is 0.432. The molecule has 0 saturated heterocycles. The summed E-state index contributed by atoms with van der Waals surface area (Å²) in [4.78, 5) is 0. The SMILES string of the molecule is CNC1=C(Oc2ccc(C)cc2)C=CC=CC1. The number of hydrogen-bond acceptors (Lipinski definition) is 2. The second kappa shape index (κ2) is 5.39. The van der Waals surface area contributed by atoms with Gasteiger partial charge in [0.15, 0.2) is 0 Å². The highest BCUT2D eigenvalue weighted by Crippen LogP contribution is 2.19. The zero-order chi connectivity index (χ0) is 12.1. The molecule has 0 heterocycles. The number of nitrogens with one attached hydrogen (secondary N) is 1. The molecule has 0 radical (unpaired) electrons. The molecule has 0 aromatic heterocycles. The van der Waals surface area contributed by atoms with Crippen LogP contribution in [-0.2, 0) is 0 Å². The Morgan fingerprint density at radius 2 is 1.88 bits per heavy atom. The molecule has 1 aliphatic rings. The van der Waals surface area contributed by atoms with Crippen LogP contribution in [0.3, 0.4) is 0 Å². The largest absolute Gasteiger partial charge is 0.456 e. The van der Waals surface area contributed by atoms with E-state index in [-0.39, 0.29) is 0 Å². The smallest absolute Gasteiger partial charge is 0.146 e. The van der Waals surface area contributed by atoms with Crippen molar-refractivity contribution in [2.24, 2.45) is 0 Å². The highest BCUT2D eigenvalue weighted by atomic mass is 16.5. The first-order valence-electron chi connectivity index (χ1n) is 5.78. The molecular formula is C15H17NO. The Hall–Kier alpha value is -1.96. The number of rotatable bonds is 3. The maximum Gasteiger partial charge on any atom is 0.146 e. The maximum atomic E-state index is 5.88. The molecule has 0 fully saturated rings. The van der Waals surface area contributed by atoms with Gasteiger partial charge in [0.2, 0.25) is 0 Å². The lowest BCUT2D eigenvalue weighted by Gasteiger charge is -2.11. The van der Waals surface area contributed by atoms with Gasteiger partial charge in [-0.05, 0) is 25.1 Å². The van der Waals surface area contributed by atoms with Crippen LogP contribution in [0.1, 0.15) is 12.0 Å². The lowest BCUT2D eigenvalue weighted by Crippen LogP contribution is -2.10. The van der Waals surface area contributed by atoms with Gasteiger partial charge in [0.1, 0.15) is 11.5 Å². The van der Waals surface area contributed by atoms with Gasteiger partial charge in [0, 0.05) is 13.5 Å². The van der Waals surface area contributed by atoms with Crippen LogP contribution < -0.4 is 10.1 Å². The molecule has 1 aliphatic carbocycles. The van der Waals surface area contributed by atoms with Gasteiger partial charge in [-0.1, -0.05) is 35.9 Å². The first kappa shape index (κ1) is 11.5. The Kier molecular flexibility index (Phi) is 3.66. The van der Waals surface area contributed by atoms with Crippen molar-refractivity contribution in [1.82, 2.24) is 5.32 Å². The van der Waals surface area contributed by atoms with E-state index in [1.807, 2.05) is 49.5 Å². The van der Waals surface area contributed by atoms with Gasteiger partial charge < -0.3 is 10.1 Å². The fraction of sp³-hybridized carbons (Fsp3) is 0.200. The van der Waals surface area contributed by atoms with Crippen LogP contribution >= 0.6 is 0 Å². The van der Waals surface area contributed by atoms with Crippen LogP contribution in [0.4, 0.5) is 0 Å². The number of hydrogen-bond donors (Lipinski definition) is 1. The van der Waals surface area contributed by atoms with Crippen LogP contribution in [0, 0.1) is 6.92 Å². The van der Waals surface area contributed by atoms with Gasteiger partial charge in [-0.3, -0.25) is 0 Å². The van der Waals surface area contributed by atoms with E-state index in [4.69, 9.17) is 4.74 Å². The minimum absolute atomic E-state index is 0.866. The molecule has 88 valence electrons. The lowest BCUT2D eigenvalue weighted by atomic mass is 10.2. The molecule has 0 spiro atoms. The Morgan fingerprint density at radius 1 is 1.12 bits per heavy atom. The summed E-state index contributed by atoms with van der Waals surface area (Å²) in [6.45, 7) is 2.07. The van der Waals surface area contributed by atoms with E-state index in [0.29, 0.717) is 0 Å². The molecular weight excluding hydrogens is 210 g/mol. The predicted octanol–water partition coefficient (Wildman–Crippen LogP) is 3.32. The molecule has 0 unspecified atom stereocenters. The Balaban J connectivity index is 2.21. The fourth-order valence-electron chi connectivity index (χ4n) is 1.66. The molecule has 2 heteroatoms. The van der Waals surface area contributed by atoms with Gasteiger partial charge in [-0.15, -0.1) is 0 Å². The van der Waals surface area contributed by atoms with Gasteiger partial charge in [0.25, 0.3) is 0 Å². The second-order valence-corrected chi connectivity index (χ2v) is 4.00. The summed E-state index contributed by atoms with van der Waals surface area (Å²) in [7, 11) is 1.92. The second-order valence-electron chi connectivity index (χ2n) is 4.00. The van der Waals surface area contributed by atoms with E-state index < -0.39 is 0 Å². The average Bonchev–Trinajstić information content (AvgIpc) is 2.57. The van der Waals surface area contributed by atoms with Crippen LogP contribution in [0.25, 0.3) is 0 Å². The summed E-state index contributed by atoms with van der Waals surface area (Å²) in [6, 6.07) is 8.07. The Bertz CT molecular complexity index is 466. The standard InChI is InChI=1S/C15H17NO/c1-12-8-10-13(11-9-12)17-15-7-5-3-4-6-14(15)16-2/h3-5,7-11,16H,6H2,1-2H3. The van der Waals surface area contributed by atoms with E-state index in [0.717, 1.165) is 23.6 Å². The van der Waals surface area contributed by atoms with Crippen LogP contribution in [-0.4, -0.2) is 7.05 Å². The van der Waals surface area contributed by atoms with Crippen LogP contribution in [0.5, 0.6) is 5.75 Å². The van der Waals surface area contributed by atoms with Crippen LogP contribution in [0.2, 0.25) is 0 Å². The fourth-order valence-corrected chi connectivity index (χ4v) is 1.66. The molecule has 0 bridgehead atoms. The van der Waals surface area contributed by atoms with Crippen molar-refractivity contribution in [2.45, 2.75) is 13.3 Å². The highest BCUT2D eigenvalue weighted by molar-refractivity contribution is 5.33. The quantitative estimate of drug-likeness (QED) is 0.855. The monoisotopic (exact) mass is 227 g/mol. The molecule has 17 heavy (non-hydrogen) atoms. The molecule has 0 amide bonds. The van der Waals surface area contributed by atoms with E-state index in [2.05, 4.69) is 18.3 Å². The summed E-state index contributed by atoms with van der Waals surface area (Å²) in [5.74, 6) is 1.74. The molecule has 1 N–H and O–H groups in total. The van der Waals surface area contributed by atoms with Crippen molar-refractivity contribution in [2.75, 3.05) is 7.05 Å². The number of aryl methyl sites for hydroxylation is 1. The van der Waals surface area contributed by atoms with E-state index in [1.165, 1.54) is 5.56 Å². The number of benzene rings is 1. The predicted molar refractivity (Wildman–Crippen MR) is 70.8 cm³/mol. The maximum absolute atomic E-state index is 5.88. The van der Waals surface area contributed by atoms with Crippen molar-refractivity contribution in [3.8, 4) is 5.75 Å². The number of allylic oxidation sites excluding steroid dienone is 4. The summed E-state index contributed by atoms with van der Waals surface area (Å²) in [5.41, 5.74) is 2.33. The molecule has 2 rings (SSSR count). The van der Waals surface area contributed by atoms with Crippen molar-refractivity contribution < 1.29 is 4.74 Å². The highest BCUT2D eigenvalue weighted by Gasteiger charge is 2.06. The van der Waals surface area contributed by atoms with E-state index in [9.17, 15) is 0 Å². The molecule has 0 atom stereocenters. The molecule has 1 aromatic rings. The van der Waals surface area contributed by atoms with E-state index >= 15 is 0 Å². The minimum Gasteiger partial charge on any atom is -0.456 e. The van der Waals surface area contributed by atoms with Crippen molar-refractivity contribution in [1.29, 1.82) is 0 Å². The zero-order valence-electron chi connectivity index (χ0n) is 10.2. The topological polar surface area (TPSA) is 21.3 Å². The molecule has 1 aromatic carbocycles. The Morgan fingerprint density at radius 3 is 2.59 bits per heavy atom. The normalized spacial score (nSPS) is 14.7. The molecule has 0 saturated carbocycles. The summed E-state index contributed by atoms with van der Waals surface area (Å²) >= 11 is 0. The molecule has 2 nitrogen and oxygen atoms in total. The Labute approximate surface area is 102 Å². The third-order valence-electron chi connectivity index (χ3n) is 2.66. The third-order valence-corrected chi connectivity index (χ3v) is 2.66. The van der Waals surface area contributed by atoms with Crippen molar-refractivity contribution in [3.63, 3.8) is 0 Å². The minimum atomic E-state index is 0.866. The van der Waals surface area contributed by atoms with Gasteiger partial charge >= 0.3 is 0 Å². The van der Waals surface area contributed by atoms with Crippen molar-refractivity contribution >= 4 is 0 Å². The summed E-state index contributed by atoms with van der Waals surface area (Å²) < 4.78 is 5.88. The number of ether oxygens (including phenoxy) is 1. The average molecular weight is 227 g/mol. The summed E-state index contributed by atoms with van der Waals surface area (Å²) in [5, 5.41) is 3.18. The van der Waals surface area contributed by atoms with Gasteiger partial charge in [0.05, 0.1) is 5.70 Å². The molecule has 0 aliphatic heterocycles.